The summed E-state index contributed by atoms with van der Waals surface area (Å²) in [6.07, 6.45) is 3.39. The molecule has 3 aromatic rings. The van der Waals surface area contributed by atoms with Gasteiger partial charge in [0.2, 0.25) is 5.91 Å². The summed E-state index contributed by atoms with van der Waals surface area (Å²) in [6.45, 7) is 4.07. The minimum atomic E-state index is -0.355. The van der Waals surface area contributed by atoms with Crippen LogP contribution in [0.1, 0.15) is 25.3 Å². The van der Waals surface area contributed by atoms with Crippen LogP contribution in [0.5, 0.6) is 0 Å². The molecule has 0 N–H and O–H groups in total. The Balaban J connectivity index is 1.54. The van der Waals surface area contributed by atoms with Gasteiger partial charge in [0.15, 0.2) is 11.2 Å². The molecule has 1 fully saturated rings. The van der Waals surface area contributed by atoms with Gasteiger partial charge in [-0.25, -0.2) is 9.67 Å². The number of rotatable bonds is 4. The number of carbonyl (C=O) groups excluding carboxylic acids is 1. The highest BCUT2D eigenvalue weighted by molar-refractivity contribution is 6.30. The van der Waals surface area contributed by atoms with Crippen LogP contribution in [-0.2, 0) is 17.9 Å². The number of amides is 1. The molecule has 1 aliphatic rings. The van der Waals surface area contributed by atoms with E-state index in [4.69, 9.17) is 11.6 Å². The maximum Gasteiger partial charge on any atom is 0.283 e. The first kappa shape index (κ1) is 18.6. The fraction of sp³-hybridized carbons (Fsp3) is 0.421. The van der Waals surface area contributed by atoms with Gasteiger partial charge in [0.05, 0.1) is 6.54 Å². The summed E-state index contributed by atoms with van der Waals surface area (Å²) in [4.78, 5) is 31.4. The molecule has 146 valence electrons. The lowest BCUT2D eigenvalue weighted by Gasteiger charge is -2.30. The Bertz CT molecular complexity index is 1050. The van der Waals surface area contributed by atoms with Crippen molar-refractivity contribution in [1.29, 1.82) is 0 Å². The van der Waals surface area contributed by atoms with Crippen LogP contribution in [0.4, 0.5) is 0 Å². The van der Waals surface area contributed by atoms with Crippen LogP contribution in [0.15, 0.2) is 35.4 Å². The van der Waals surface area contributed by atoms with Crippen LogP contribution in [0, 0.1) is 5.92 Å². The van der Waals surface area contributed by atoms with Crippen LogP contribution in [0.2, 0.25) is 5.02 Å². The third-order valence-electron chi connectivity index (χ3n) is 5.18. The standard InChI is InChI=1S/C19H21ClN6O2/c1-13-6-8-24(9-7-13)16(27)11-25-12-21-18-17(19(25)28)22-23-26(18)10-14-2-4-15(20)5-3-14/h2-5,12-13H,6-11H2,1H3. The van der Waals surface area contributed by atoms with Crippen molar-refractivity contribution in [3.8, 4) is 0 Å². The third-order valence-corrected chi connectivity index (χ3v) is 5.43. The number of fused-ring (bicyclic) bond motifs is 1. The Morgan fingerprint density at radius 1 is 1.21 bits per heavy atom. The van der Waals surface area contributed by atoms with Crippen molar-refractivity contribution in [2.45, 2.75) is 32.9 Å². The lowest BCUT2D eigenvalue weighted by Crippen LogP contribution is -2.41. The Labute approximate surface area is 166 Å². The van der Waals surface area contributed by atoms with Gasteiger partial charge in [-0.15, -0.1) is 5.10 Å². The van der Waals surface area contributed by atoms with Crippen LogP contribution in [-0.4, -0.2) is 48.4 Å². The molecule has 4 rings (SSSR count). The first-order chi connectivity index (χ1) is 13.5. The van der Waals surface area contributed by atoms with Crippen molar-refractivity contribution in [2.24, 2.45) is 5.92 Å². The number of likely N-dealkylation sites (tertiary alicyclic amines) is 1. The summed E-state index contributed by atoms with van der Waals surface area (Å²) in [5, 5.41) is 8.70. The largest absolute Gasteiger partial charge is 0.341 e. The van der Waals surface area contributed by atoms with Crippen LogP contribution in [0.3, 0.4) is 0 Å². The quantitative estimate of drug-likeness (QED) is 0.668. The van der Waals surface area contributed by atoms with Gasteiger partial charge < -0.3 is 4.90 Å². The number of hydrogen-bond acceptors (Lipinski definition) is 5. The van der Waals surface area contributed by atoms with E-state index >= 15 is 0 Å². The number of piperidine rings is 1. The average molecular weight is 401 g/mol. The highest BCUT2D eigenvalue weighted by atomic mass is 35.5. The number of hydrogen-bond donors (Lipinski definition) is 0. The smallest absolute Gasteiger partial charge is 0.283 e. The first-order valence-electron chi connectivity index (χ1n) is 9.32. The molecular weight excluding hydrogens is 380 g/mol. The molecule has 0 aliphatic carbocycles. The van der Waals surface area contributed by atoms with E-state index in [1.54, 1.807) is 16.8 Å². The van der Waals surface area contributed by atoms with Crippen LogP contribution >= 0.6 is 11.6 Å². The minimum Gasteiger partial charge on any atom is -0.341 e. The predicted octanol–water partition coefficient (Wildman–Crippen LogP) is 1.95. The molecule has 1 saturated heterocycles. The summed E-state index contributed by atoms with van der Waals surface area (Å²) < 4.78 is 2.88. The van der Waals surface area contributed by atoms with E-state index in [0.717, 1.165) is 31.5 Å². The Kier molecular flexibility index (Phi) is 5.13. The Morgan fingerprint density at radius 2 is 1.93 bits per heavy atom. The Morgan fingerprint density at radius 3 is 2.64 bits per heavy atom. The summed E-state index contributed by atoms with van der Waals surface area (Å²) >= 11 is 5.91. The lowest BCUT2D eigenvalue weighted by atomic mass is 9.99. The zero-order valence-electron chi connectivity index (χ0n) is 15.6. The summed E-state index contributed by atoms with van der Waals surface area (Å²) in [7, 11) is 0. The highest BCUT2D eigenvalue weighted by Crippen LogP contribution is 2.16. The maximum absolute atomic E-state index is 12.7. The maximum atomic E-state index is 12.7. The van der Waals surface area contributed by atoms with E-state index in [0.29, 0.717) is 23.1 Å². The molecule has 28 heavy (non-hydrogen) atoms. The van der Waals surface area contributed by atoms with E-state index in [1.807, 2.05) is 17.0 Å². The number of carbonyl (C=O) groups is 1. The van der Waals surface area contributed by atoms with Crippen LogP contribution in [0.25, 0.3) is 11.2 Å². The fourth-order valence-electron chi connectivity index (χ4n) is 3.37. The zero-order chi connectivity index (χ0) is 19.7. The van der Waals surface area contributed by atoms with Gasteiger partial charge in [0.1, 0.15) is 12.9 Å². The number of benzene rings is 1. The van der Waals surface area contributed by atoms with E-state index in [9.17, 15) is 9.59 Å². The molecule has 0 unspecified atom stereocenters. The second-order valence-corrected chi connectivity index (χ2v) is 7.72. The summed E-state index contributed by atoms with van der Waals surface area (Å²) in [5.74, 6) is 0.573. The molecule has 1 amide bonds. The normalized spacial score (nSPS) is 15.3. The first-order valence-corrected chi connectivity index (χ1v) is 9.70. The van der Waals surface area contributed by atoms with Crippen LogP contribution < -0.4 is 5.56 Å². The van der Waals surface area contributed by atoms with Crippen molar-refractivity contribution < 1.29 is 4.79 Å². The molecular formula is C19H21ClN6O2. The van der Waals surface area contributed by atoms with Crippen molar-refractivity contribution >= 4 is 28.7 Å². The second kappa shape index (κ2) is 7.71. The second-order valence-electron chi connectivity index (χ2n) is 7.29. The molecule has 3 heterocycles. The highest BCUT2D eigenvalue weighted by Gasteiger charge is 2.21. The SMILES string of the molecule is CC1CCN(C(=O)Cn2cnc3c(nnn3Cc3ccc(Cl)cc3)c2=O)CC1. The van der Waals surface area contributed by atoms with E-state index in [2.05, 4.69) is 22.2 Å². The average Bonchev–Trinajstić information content (AvgIpc) is 3.10. The van der Waals surface area contributed by atoms with Crippen molar-refractivity contribution in [2.75, 3.05) is 13.1 Å². The van der Waals surface area contributed by atoms with Crippen molar-refractivity contribution in [1.82, 2.24) is 29.4 Å². The van der Waals surface area contributed by atoms with Gasteiger partial charge in [0, 0.05) is 18.1 Å². The monoisotopic (exact) mass is 400 g/mol. The number of halogens is 1. The molecule has 0 spiro atoms. The lowest BCUT2D eigenvalue weighted by molar-refractivity contribution is -0.133. The van der Waals surface area contributed by atoms with Crippen molar-refractivity contribution in [3.05, 3.63) is 51.5 Å². The summed E-state index contributed by atoms with van der Waals surface area (Å²) in [6, 6.07) is 7.36. The summed E-state index contributed by atoms with van der Waals surface area (Å²) in [5.41, 5.74) is 1.18. The molecule has 0 bridgehead atoms. The molecule has 9 heteroatoms. The Hall–Kier alpha value is -2.74. The molecule has 8 nitrogen and oxygen atoms in total. The van der Waals surface area contributed by atoms with Crippen molar-refractivity contribution in [3.63, 3.8) is 0 Å². The van der Waals surface area contributed by atoms with E-state index < -0.39 is 0 Å². The number of nitrogens with zero attached hydrogens (tertiary/aromatic N) is 6. The molecule has 1 aromatic carbocycles. The molecule has 0 saturated carbocycles. The third kappa shape index (κ3) is 3.77. The molecule has 0 radical (unpaired) electrons. The fourth-order valence-corrected chi connectivity index (χ4v) is 3.50. The zero-order valence-corrected chi connectivity index (χ0v) is 16.3. The van der Waals surface area contributed by atoms with Gasteiger partial charge in [-0.05, 0) is 36.5 Å². The van der Waals surface area contributed by atoms with Gasteiger partial charge in [-0.1, -0.05) is 35.9 Å². The van der Waals surface area contributed by atoms with E-state index in [-0.39, 0.29) is 23.5 Å². The molecule has 0 atom stereocenters. The van der Waals surface area contributed by atoms with Gasteiger partial charge >= 0.3 is 0 Å². The molecule has 1 aliphatic heterocycles. The molecule has 2 aromatic heterocycles. The topological polar surface area (TPSA) is 85.9 Å². The predicted molar refractivity (Wildman–Crippen MR) is 105 cm³/mol. The van der Waals surface area contributed by atoms with Gasteiger partial charge in [-0.3, -0.25) is 14.2 Å². The van der Waals surface area contributed by atoms with Gasteiger partial charge in [-0.2, -0.15) is 0 Å². The minimum absolute atomic E-state index is 0.0276. The van der Waals surface area contributed by atoms with E-state index in [1.165, 1.54) is 10.9 Å². The number of aromatic nitrogens is 5. The van der Waals surface area contributed by atoms with Gasteiger partial charge in [0.25, 0.3) is 5.56 Å².